The summed E-state index contributed by atoms with van der Waals surface area (Å²) in [5.41, 5.74) is 7.35. The number of methoxy groups -OCH3 is 1. The molecular formula is C11H10BrN3O. The van der Waals surface area contributed by atoms with Crippen molar-refractivity contribution < 1.29 is 4.74 Å². The molecule has 0 saturated heterocycles. The first-order chi connectivity index (χ1) is 7.72. The molecule has 0 aliphatic carbocycles. The van der Waals surface area contributed by atoms with Crippen LogP contribution in [0.2, 0.25) is 0 Å². The lowest BCUT2D eigenvalue weighted by Gasteiger charge is -2.08. The number of hydrogen-bond acceptors (Lipinski definition) is 4. The highest BCUT2D eigenvalue weighted by molar-refractivity contribution is 9.10. The molecule has 0 bridgehead atoms. The van der Waals surface area contributed by atoms with Gasteiger partial charge in [-0.05, 0) is 12.1 Å². The molecule has 16 heavy (non-hydrogen) atoms. The van der Waals surface area contributed by atoms with E-state index < -0.39 is 0 Å². The molecule has 0 atom stereocenters. The number of anilines is 1. The van der Waals surface area contributed by atoms with Gasteiger partial charge in [-0.2, -0.15) is 0 Å². The van der Waals surface area contributed by atoms with E-state index in [0.29, 0.717) is 17.3 Å². The first-order valence-corrected chi connectivity index (χ1v) is 5.42. The van der Waals surface area contributed by atoms with Crippen LogP contribution in [0.25, 0.3) is 11.3 Å². The zero-order valence-corrected chi connectivity index (χ0v) is 10.2. The minimum Gasteiger partial charge on any atom is -0.491 e. The summed E-state index contributed by atoms with van der Waals surface area (Å²) in [5.74, 6) is 0.847. The fourth-order valence-electron chi connectivity index (χ4n) is 1.40. The normalized spacial score (nSPS) is 10.1. The minimum absolute atomic E-state index is 0.343. The predicted molar refractivity (Wildman–Crippen MR) is 66.1 cm³/mol. The monoisotopic (exact) mass is 279 g/mol. The van der Waals surface area contributed by atoms with Gasteiger partial charge in [-0.1, -0.05) is 28.1 Å². The van der Waals surface area contributed by atoms with Gasteiger partial charge < -0.3 is 10.5 Å². The Hall–Kier alpha value is -1.62. The van der Waals surface area contributed by atoms with Crippen LogP contribution in [0.5, 0.6) is 5.75 Å². The zero-order chi connectivity index (χ0) is 11.5. The summed E-state index contributed by atoms with van der Waals surface area (Å²) >= 11 is 3.38. The second-order valence-electron chi connectivity index (χ2n) is 3.15. The quantitative estimate of drug-likeness (QED) is 0.918. The molecule has 1 aromatic carbocycles. The second-order valence-corrected chi connectivity index (χ2v) is 4.06. The zero-order valence-electron chi connectivity index (χ0n) is 8.64. The third-order valence-corrected chi connectivity index (χ3v) is 2.68. The number of hydrogen-bond donors (Lipinski definition) is 1. The van der Waals surface area contributed by atoms with Crippen molar-refractivity contribution in [3.8, 4) is 17.0 Å². The van der Waals surface area contributed by atoms with Gasteiger partial charge in [-0.15, -0.1) is 0 Å². The van der Waals surface area contributed by atoms with Crippen LogP contribution in [-0.2, 0) is 0 Å². The average Bonchev–Trinajstić information content (AvgIpc) is 2.30. The minimum atomic E-state index is 0.343. The number of halogens is 1. The maximum atomic E-state index is 5.71. The fourth-order valence-corrected chi connectivity index (χ4v) is 1.67. The molecule has 1 aromatic heterocycles. The van der Waals surface area contributed by atoms with Gasteiger partial charge in [0, 0.05) is 10.0 Å². The number of aromatic nitrogens is 2. The Morgan fingerprint density at radius 3 is 2.50 bits per heavy atom. The van der Waals surface area contributed by atoms with Crippen LogP contribution in [0.3, 0.4) is 0 Å². The van der Waals surface area contributed by atoms with E-state index in [1.807, 2.05) is 24.3 Å². The third-order valence-electron chi connectivity index (χ3n) is 2.15. The molecule has 4 nitrogen and oxygen atoms in total. The van der Waals surface area contributed by atoms with Crippen molar-refractivity contribution in [3.63, 3.8) is 0 Å². The molecule has 2 rings (SSSR count). The van der Waals surface area contributed by atoms with Crippen LogP contribution < -0.4 is 10.5 Å². The van der Waals surface area contributed by atoms with Crippen LogP contribution in [-0.4, -0.2) is 17.1 Å². The first-order valence-electron chi connectivity index (χ1n) is 4.63. The Kier molecular flexibility index (Phi) is 3.05. The van der Waals surface area contributed by atoms with E-state index in [1.54, 1.807) is 7.11 Å². The van der Waals surface area contributed by atoms with E-state index in [9.17, 15) is 0 Å². The van der Waals surface area contributed by atoms with Gasteiger partial charge in [0.15, 0.2) is 11.6 Å². The molecule has 0 aliphatic heterocycles. The lowest BCUT2D eigenvalue weighted by atomic mass is 10.1. The highest BCUT2D eigenvalue weighted by atomic mass is 79.9. The van der Waals surface area contributed by atoms with E-state index in [-0.39, 0.29) is 0 Å². The van der Waals surface area contributed by atoms with Crippen molar-refractivity contribution >= 4 is 21.7 Å². The summed E-state index contributed by atoms with van der Waals surface area (Å²) < 4.78 is 6.21. The van der Waals surface area contributed by atoms with Gasteiger partial charge in [0.25, 0.3) is 0 Å². The lowest BCUT2D eigenvalue weighted by Crippen LogP contribution is -1.99. The van der Waals surface area contributed by atoms with Crippen molar-refractivity contribution in [3.05, 3.63) is 35.1 Å². The smallest absolute Gasteiger partial charge is 0.187 e. The molecule has 0 unspecified atom stereocenters. The summed E-state index contributed by atoms with van der Waals surface area (Å²) in [5, 5.41) is 0. The Bertz CT molecular complexity index is 499. The number of nitrogen functional groups attached to an aromatic ring is 1. The van der Waals surface area contributed by atoms with Crippen LogP contribution in [0.4, 0.5) is 5.82 Å². The highest BCUT2D eigenvalue weighted by Gasteiger charge is 2.11. The van der Waals surface area contributed by atoms with Gasteiger partial charge in [-0.25, -0.2) is 9.97 Å². The van der Waals surface area contributed by atoms with Crippen LogP contribution in [0.1, 0.15) is 0 Å². The summed E-state index contributed by atoms with van der Waals surface area (Å²) in [4.78, 5) is 8.06. The second kappa shape index (κ2) is 4.49. The third kappa shape index (κ3) is 1.99. The van der Waals surface area contributed by atoms with E-state index in [2.05, 4.69) is 25.9 Å². The van der Waals surface area contributed by atoms with Crippen molar-refractivity contribution in [1.29, 1.82) is 0 Å². The van der Waals surface area contributed by atoms with Crippen LogP contribution in [0.15, 0.2) is 35.1 Å². The van der Waals surface area contributed by atoms with Crippen molar-refractivity contribution in [1.82, 2.24) is 9.97 Å². The maximum Gasteiger partial charge on any atom is 0.187 e. The summed E-state index contributed by atoms with van der Waals surface area (Å²) in [6.45, 7) is 0. The molecule has 82 valence electrons. The number of benzene rings is 1. The summed E-state index contributed by atoms with van der Waals surface area (Å²) in [6, 6.07) is 7.75. The molecule has 2 aromatic rings. The van der Waals surface area contributed by atoms with E-state index in [0.717, 1.165) is 10.0 Å². The number of nitrogens with zero attached hydrogens (tertiary/aromatic N) is 2. The molecule has 0 spiro atoms. The van der Waals surface area contributed by atoms with Gasteiger partial charge >= 0.3 is 0 Å². The summed E-state index contributed by atoms with van der Waals surface area (Å²) in [7, 11) is 1.55. The van der Waals surface area contributed by atoms with E-state index in [1.165, 1.54) is 6.33 Å². The van der Waals surface area contributed by atoms with Gasteiger partial charge in [-0.3, -0.25) is 0 Å². The lowest BCUT2D eigenvalue weighted by molar-refractivity contribution is 0.415. The van der Waals surface area contributed by atoms with E-state index >= 15 is 0 Å². The Morgan fingerprint density at radius 1 is 1.19 bits per heavy atom. The Balaban J connectivity index is 2.55. The van der Waals surface area contributed by atoms with Gasteiger partial charge in [0.1, 0.15) is 12.0 Å². The van der Waals surface area contributed by atoms with Crippen LogP contribution >= 0.6 is 15.9 Å². The molecule has 0 amide bonds. The average molecular weight is 280 g/mol. The molecule has 5 heteroatoms. The highest BCUT2D eigenvalue weighted by Crippen LogP contribution is 2.31. The number of ether oxygens (including phenoxy) is 1. The SMILES string of the molecule is COc1c(N)ncnc1-c1ccc(Br)cc1. The Morgan fingerprint density at radius 2 is 1.88 bits per heavy atom. The fraction of sp³-hybridized carbons (Fsp3) is 0.0909. The Labute approximate surface area is 102 Å². The summed E-state index contributed by atoms with van der Waals surface area (Å²) in [6.07, 6.45) is 1.43. The number of nitrogens with two attached hydrogens (primary N) is 1. The molecule has 0 fully saturated rings. The maximum absolute atomic E-state index is 5.71. The van der Waals surface area contributed by atoms with Crippen molar-refractivity contribution in [2.45, 2.75) is 0 Å². The molecule has 0 aliphatic rings. The van der Waals surface area contributed by atoms with Gasteiger partial charge in [0.05, 0.1) is 7.11 Å². The molecule has 2 N–H and O–H groups in total. The largest absolute Gasteiger partial charge is 0.491 e. The molecule has 0 saturated carbocycles. The van der Waals surface area contributed by atoms with Crippen molar-refractivity contribution in [2.75, 3.05) is 12.8 Å². The topological polar surface area (TPSA) is 61.0 Å². The standard InChI is InChI=1S/C11H10BrN3O/c1-16-10-9(14-6-15-11(10)13)7-2-4-8(12)5-3-7/h2-6H,1H3,(H2,13,14,15). The number of rotatable bonds is 2. The molecule has 0 radical (unpaired) electrons. The first kappa shape index (κ1) is 10.9. The van der Waals surface area contributed by atoms with Crippen molar-refractivity contribution in [2.24, 2.45) is 0 Å². The van der Waals surface area contributed by atoms with Gasteiger partial charge in [0.2, 0.25) is 0 Å². The predicted octanol–water partition coefficient (Wildman–Crippen LogP) is 2.50. The van der Waals surface area contributed by atoms with E-state index in [4.69, 9.17) is 10.5 Å². The molecular weight excluding hydrogens is 270 g/mol. The van der Waals surface area contributed by atoms with Crippen LogP contribution in [0, 0.1) is 0 Å². The molecule has 1 heterocycles.